The zero-order chi connectivity index (χ0) is 18.6. The molecule has 0 aliphatic carbocycles. The number of hydrogen-bond donors (Lipinski definition) is 0. The number of rotatable bonds is 7. The molecule has 140 valence electrons. The minimum absolute atomic E-state index is 0.108. The first-order valence-electron chi connectivity index (χ1n) is 8.53. The monoisotopic (exact) mass is 369 g/mol. The van der Waals surface area contributed by atoms with E-state index < -0.39 is 16.1 Å². The number of pyridine rings is 1. The van der Waals surface area contributed by atoms with Gasteiger partial charge < -0.3 is 9.64 Å². The third kappa shape index (κ3) is 4.37. The van der Waals surface area contributed by atoms with Gasteiger partial charge >= 0.3 is 0 Å². The van der Waals surface area contributed by atoms with E-state index in [0.717, 1.165) is 18.2 Å². The van der Waals surface area contributed by atoms with Gasteiger partial charge in [0.2, 0.25) is 15.9 Å². The fraction of sp³-hybridized carbons (Fsp3) is 0.647. The summed E-state index contributed by atoms with van der Waals surface area (Å²) in [6.07, 6.45) is 5.41. The van der Waals surface area contributed by atoms with Crippen LogP contribution in [0.5, 0.6) is 0 Å². The first kappa shape index (κ1) is 19.8. The molecule has 8 heteroatoms. The molecule has 2 heterocycles. The minimum Gasteiger partial charge on any atom is -0.380 e. The quantitative estimate of drug-likeness (QED) is 0.726. The van der Waals surface area contributed by atoms with E-state index in [1.54, 1.807) is 24.4 Å². The maximum atomic E-state index is 13.2. The van der Waals surface area contributed by atoms with Crippen molar-refractivity contribution in [3.8, 4) is 0 Å². The van der Waals surface area contributed by atoms with E-state index in [0.29, 0.717) is 13.0 Å². The summed E-state index contributed by atoms with van der Waals surface area (Å²) >= 11 is 0. The number of carbonyl (C=O) groups is 1. The highest BCUT2D eigenvalue weighted by molar-refractivity contribution is 7.88. The maximum Gasteiger partial charge on any atom is 0.241 e. The van der Waals surface area contributed by atoms with Crippen molar-refractivity contribution in [1.82, 2.24) is 14.2 Å². The van der Waals surface area contributed by atoms with E-state index in [1.807, 2.05) is 26.0 Å². The van der Waals surface area contributed by atoms with Crippen molar-refractivity contribution in [1.29, 1.82) is 0 Å². The Labute approximate surface area is 150 Å². The lowest BCUT2D eigenvalue weighted by Gasteiger charge is -2.34. The van der Waals surface area contributed by atoms with E-state index in [-0.39, 0.29) is 24.6 Å². The molecule has 1 aliphatic heterocycles. The smallest absolute Gasteiger partial charge is 0.241 e. The molecule has 0 radical (unpaired) electrons. The maximum absolute atomic E-state index is 13.2. The second-order valence-corrected chi connectivity index (χ2v) is 8.21. The van der Waals surface area contributed by atoms with Crippen molar-refractivity contribution in [3.63, 3.8) is 0 Å². The van der Waals surface area contributed by atoms with Gasteiger partial charge in [0, 0.05) is 39.0 Å². The van der Waals surface area contributed by atoms with Crippen molar-refractivity contribution >= 4 is 15.9 Å². The number of amides is 1. The van der Waals surface area contributed by atoms with E-state index in [4.69, 9.17) is 4.74 Å². The molecular weight excluding hydrogens is 342 g/mol. The molecule has 3 atom stereocenters. The van der Waals surface area contributed by atoms with Crippen LogP contribution in [0.25, 0.3) is 0 Å². The second kappa shape index (κ2) is 8.25. The van der Waals surface area contributed by atoms with E-state index in [1.165, 1.54) is 4.31 Å². The molecule has 1 fully saturated rings. The molecule has 0 N–H and O–H groups in total. The van der Waals surface area contributed by atoms with Crippen molar-refractivity contribution in [3.05, 3.63) is 30.1 Å². The molecule has 0 bridgehead atoms. The molecule has 1 unspecified atom stereocenters. The van der Waals surface area contributed by atoms with Crippen LogP contribution in [0, 0.1) is 0 Å². The summed E-state index contributed by atoms with van der Waals surface area (Å²) < 4.78 is 30.8. The zero-order valence-corrected chi connectivity index (χ0v) is 16.1. The Morgan fingerprint density at radius 2 is 2.04 bits per heavy atom. The first-order chi connectivity index (χ1) is 11.8. The molecule has 0 aromatic carbocycles. The Balaban J connectivity index is 2.31. The fourth-order valence-electron chi connectivity index (χ4n) is 3.47. The highest BCUT2D eigenvalue weighted by atomic mass is 32.2. The Kier molecular flexibility index (Phi) is 6.53. The minimum atomic E-state index is -3.48. The third-order valence-corrected chi connectivity index (χ3v) is 5.99. The van der Waals surface area contributed by atoms with Gasteiger partial charge in [-0.15, -0.1) is 0 Å². The predicted octanol–water partition coefficient (Wildman–Crippen LogP) is 1.43. The standard InChI is InChI=1S/C17H27N3O4S/c1-5-15(13-7-9-18-10-8-13)19(6-2)17(21)16-11-14(24-3)12-20(16)25(4,22)23/h7-10,14-16H,5-6,11-12H2,1-4H3/t14-,15?,16+/m0/s1. The summed E-state index contributed by atoms with van der Waals surface area (Å²) in [5.74, 6) is -0.170. The van der Waals surface area contributed by atoms with E-state index in [2.05, 4.69) is 4.98 Å². The highest BCUT2D eigenvalue weighted by Crippen LogP contribution is 2.29. The fourth-order valence-corrected chi connectivity index (χ4v) is 4.55. The van der Waals surface area contributed by atoms with Crippen molar-refractivity contribution in [2.45, 2.75) is 44.9 Å². The Bertz CT molecular complexity index is 680. The van der Waals surface area contributed by atoms with Gasteiger partial charge in [0.15, 0.2) is 0 Å². The van der Waals surface area contributed by atoms with Crippen LogP contribution in [0.15, 0.2) is 24.5 Å². The normalized spacial score (nSPS) is 22.7. The molecule has 0 spiro atoms. The number of hydrogen-bond acceptors (Lipinski definition) is 5. The Hall–Kier alpha value is -1.51. The number of carbonyl (C=O) groups excluding carboxylic acids is 1. The second-order valence-electron chi connectivity index (χ2n) is 6.27. The Morgan fingerprint density at radius 1 is 1.40 bits per heavy atom. The lowest BCUT2D eigenvalue weighted by molar-refractivity contribution is -0.137. The van der Waals surface area contributed by atoms with Crippen molar-refractivity contribution in [2.24, 2.45) is 0 Å². The SMILES string of the molecule is CCC(c1ccncc1)N(CC)C(=O)[C@H]1C[C@H](OC)CN1S(C)(=O)=O. The number of methoxy groups -OCH3 is 1. The van der Waals surface area contributed by atoms with Crippen LogP contribution in [0.3, 0.4) is 0 Å². The largest absolute Gasteiger partial charge is 0.380 e. The number of likely N-dealkylation sites (N-methyl/N-ethyl adjacent to an activating group) is 1. The number of nitrogens with zero attached hydrogens (tertiary/aromatic N) is 3. The molecule has 1 aromatic rings. The van der Waals surface area contributed by atoms with Crippen LogP contribution in [0.1, 0.15) is 38.3 Å². The lowest BCUT2D eigenvalue weighted by Crippen LogP contribution is -2.48. The average molecular weight is 369 g/mol. The zero-order valence-electron chi connectivity index (χ0n) is 15.3. The number of sulfonamides is 1. The van der Waals surface area contributed by atoms with Gasteiger partial charge in [0.25, 0.3) is 0 Å². The summed E-state index contributed by atoms with van der Waals surface area (Å²) in [4.78, 5) is 19.0. The highest BCUT2D eigenvalue weighted by Gasteiger charge is 2.44. The van der Waals surface area contributed by atoms with E-state index >= 15 is 0 Å². The molecule has 25 heavy (non-hydrogen) atoms. The number of aromatic nitrogens is 1. The summed E-state index contributed by atoms with van der Waals surface area (Å²) in [6, 6.07) is 2.97. The van der Waals surface area contributed by atoms with Gasteiger partial charge in [0.05, 0.1) is 18.4 Å². The topological polar surface area (TPSA) is 79.8 Å². The molecule has 1 saturated heterocycles. The molecule has 2 rings (SSSR count). The van der Waals surface area contributed by atoms with Gasteiger partial charge in [0.1, 0.15) is 6.04 Å². The molecular formula is C17H27N3O4S. The lowest BCUT2D eigenvalue weighted by atomic mass is 10.0. The molecule has 1 aliphatic rings. The van der Waals surface area contributed by atoms with Gasteiger partial charge in [-0.1, -0.05) is 6.92 Å². The van der Waals surface area contributed by atoms with Gasteiger partial charge in [-0.25, -0.2) is 8.42 Å². The van der Waals surface area contributed by atoms with Gasteiger partial charge in [-0.2, -0.15) is 4.31 Å². The predicted molar refractivity (Wildman–Crippen MR) is 95.4 cm³/mol. The summed E-state index contributed by atoms with van der Waals surface area (Å²) in [7, 11) is -1.94. The Morgan fingerprint density at radius 3 is 2.52 bits per heavy atom. The molecule has 1 aromatic heterocycles. The first-order valence-corrected chi connectivity index (χ1v) is 10.4. The number of ether oxygens (including phenoxy) is 1. The molecule has 1 amide bonds. The van der Waals surface area contributed by atoms with Gasteiger partial charge in [-0.05, 0) is 31.0 Å². The van der Waals surface area contributed by atoms with Crippen LogP contribution in [0.4, 0.5) is 0 Å². The third-order valence-electron chi connectivity index (χ3n) is 4.74. The summed E-state index contributed by atoms with van der Waals surface area (Å²) in [5.41, 5.74) is 1.000. The van der Waals surface area contributed by atoms with Crippen LogP contribution in [0.2, 0.25) is 0 Å². The average Bonchev–Trinajstić information content (AvgIpc) is 3.04. The van der Waals surface area contributed by atoms with Gasteiger partial charge in [-0.3, -0.25) is 9.78 Å². The van der Waals surface area contributed by atoms with E-state index in [9.17, 15) is 13.2 Å². The molecule has 7 nitrogen and oxygen atoms in total. The summed E-state index contributed by atoms with van der Waals surface area (Å²) in [6.45, 7) is 4.65. The van der Waals surface area contributed by atoms with Crippen LogP contribution >= 0.6 is 0 Å². The van der Waals surface area contributed by atoms with Crippen LogP contribution in [-0.4, -0.2) is 67.1 Å². The van der Waals surface area contributed by atoms with Crippen molar-refractivity contribution in [2.75, 3.05) is 26.5 Å². The molecule has 0 saturated carbocycles. The van der Waals surface area contributed by atoms with Crippen LogP contribution < -0.4 is 0 Å². The van der Waals surface area contributed by atoms with Crippen LogP contribution in [-0.2, 0) is 19.6 Å². The van der Waals surface area contributed by atoms with Crippen molar-refractivity contribution < 1.29 is 17.9 Å². The summed E-state index contributed by atoms with van der Waals surface area (Å²) in [5, 5.41) is 0.